The Hall–Kier alpha value is -2.10. The Morgan fingerprint density at radius 2 is 1.82 bits per heavy atom. The minimum Gasteiger partial charge on any atom is -0.477 e. The van der Waals surface area contributed by atoms with Crippen LogP contribution in [0.2, 0.25) is 0 Å². The highest BCUT2D eigenvalue weighted by atomic mass is 32.1. The van der Waals surface area contributed by atoms with Gasteiger partial charge in [0, 0.05) is 17.4 Å². The van der Waals surface area contributed by atoms with Crippen molar-refractivity contribution in [3.63, 3.8) is 0 Å². The largest absolute Gasteiger partial charge is 0.477 e. The number of carboxylic acids is 1. The van der Waals surface area contributed by atoms with Gasteiger partial charge in [-0.25, -0.2) is 4.79 Å². The maximum Gasteiger partial charge on any atom is 0.348 e. The van der Waals surface area contributed by atoms with E-state index in [0.717, 1.165) is 36.5 Å². The van der Waals surface area contributed by atoms with Crippen LogP contribution in [0.15, 0.2) is 17.7 Å². The Balaban J connectivity index is 1.62. The normalized spacial score (nSPS) is 27.9. The average Bonchev–Trinajstić information content (AvgIpc) is 3.53. The number of hydrogen-bond acceptors (Lipinski definition) is 4. The van der Waals surface area contributed by atoms with Gasteiger partial charge in [-0.2, -0.15) is 0 Å². The zero-order chi connectivity index (χ0) is 28.4. The van der Waals surface area contributed by atoms with Crippen LogP contribution in [0.25, 0.3) is 0 Å². The Morgan fingerprint density at radius 1 is 1.15 bits per heavy atom. The van der Waals surface area contributed by atoms with Crippen molar-refractivity contribution in [3.8, 4) is 11.8 Å². The number of nitrogens with zero attached hydrogens (tertiary/aromatic N) is 1. The van der Waals surface area contributed by atoms with E-state index in [1.165, 1.54) is 31.3 Å². The van der Waals surface area contributed by atoms with Crippen molar-refractivity contribution >= 4 is 28.9 Å². The topological polar surface area (TPSA) is 77.8 Å². The van der Waals surface area contributed by atoms with Crippen LogP contribution in [-0.4, -0.2) is 33.7 Å². The molecule has 6 heteroatoms. The van der Waals surface area contributed by atoms with Gasteiger partial charge in [-0.15, -0.1) is 11.3 Å². The third-order valence-corrected chi connectivity index (χ3v) is 10.1. The number of thiophene rings is 1. The summed E-state index contributed by atoms with van der Waals surface area (Å²) in [5.41, 5.74) is 0.899. The monoisotopic (exact) mass is 553 g/mol. The molecule has 1 amide bonds. The van der Waals surface area contributed by atoms with Crippen LogP contribution in [0.3, 0.4) is 0 Å². The highest BCUT2D eigenvalue weighted by Gasteiger charge is 2.41. The molecule has 0 saturated heterocycles. The molecule has 0 aliphatic heterocycles. The maximum atomic E-state index is 14.3. The number of allylic oxidation sites excluding steroid dienone is 2. The van der Waals surface area contributed by atoms with Crippen molar-refractivity contribution in [2.45, 2.75) is 123 Å². The van der Waals surface area contributed by atoms with E-state index in [1.807, 2.05) is 31.7 Å². The van der Waals surface area contributed by atoms with E-state index in [1.54, 1.807) is 0 Å². The number of aromatic carboxylic acids is 1. The Morgan fingerprint density at radius 3 is 2.41 bits per heavy atom. The molecule has 4 rings (SSSR count). The van der Waals surface area contributed by atoms with Gasteiger partial charge in [0.25, 0.3) is 0 Å². The highest BCUT2D eigenvalue weighted by molar-refractivity contribution is 7.15. The van der Waals surface area contributed by atoms with Crippen molar-refractivity contribution in [1.82, 2.24) is 0 Å². The van der Waals surface area contributed by atoms with Gasteiger partial charge in [-0.1, -0.05) is 56.1 Å². The van der Waals surface area contributed by atoms with Gasteiger partial charge in [0.15, 0.2) is 0 Å². The summed E-state index contributed by atoms with van der Waals surface area (Å²) in [4.78, 5) is 29.4. The van der Waals surface area contributed by atoms with Gasteiger partial charge in [0.2, 0.25) is 5.91 Å². The summed E-state index contributed by atoms with van der Waals surface area (Å²) in [7, 11) is 0. The first-order valence-electron chi connectivity index (χ1n) is 15.0. The summed E-state index contributed by atoms with van der Waals surface area (Å²) < 4.78 is 0. The minimum absolute atomic E-state index is 0.0169. The summed E-state index contributed by atoms with van der Waals surface area (Å²) in [6.45, 7) is 10.3. The van der Waals surface area contributed by atoms with E-state index in [-0.39, 0.29) is 34.1 Å². The Labute approximate surface area is 239 Å². The molecule has 1 aromatic heterocycles. The second-order valence-corrected chi connectivity index (χ2v) is 14.6. The molecule has 3 aliphatic rings. The lowest BCUT2D eigenvalue weighted by Gasteiger charge is -2.43. The number of rotatable bonds is 7. The summed E-state index contributed by atoms with van der Waals surface area (Å²) in [5.74, 6) is 6.13. The quantitative estimate of drug-likeness (QED) is 0.267. The molecule has 0 aromatic carbocycles. The van der Waals surface area contributed by atoms with Crippen molar-refractivity contribution in [3.05, 3.63) is 27.5 Å². The fourth-order valence-corrected chi connectivity index (χ4v) is 7.60. The van der Waals surface area contributed by atoms with Gasteiger partial charge >= 0.3 is 5.97 Å². The van der Waals surface area contributed by atoms with Gasteiger partial charge < -0.3 is 15.1 Å². The van der Waals surface area contributed by atoms with Crippen molar-refractivity contribution in [1.29, 1.82) is 0 Å². The highest BCUT2D eigenvalue weighted by Crippen LogP contribution is 2.42. The van der Waals surface area contributed by atoms with Crippen LogP contribution in [0, 0.1) is 35.0 Å². The van der Waals surface area contributed by atoms with Crippen LogP contribution in [-0.2, 0) is 4.79 Å². The molecule has 2 fully saturated rings. The van der Waals surface area contributed by atoms with E-state index >= 15 is 0 Å². The molecular weight excluding hydrogens is 506 g/mol. The summed E-state index contributed by atoms with van der Waals surface area (Å²) >= 11 is 1.16. The molecule has 0 radical (unpaired) electrons. The third-order valence-electron chi connectivity index (χ3n) is 9.08. The van der Waals surface area contributed by atoms with E-state index in [9.17, 15) is 19.8 Å². The molecule has 2 atom stereocenters. The van der Waals surface area contributed by atoms with Gasteiger partial charge in [-0.3, -0.25) is 4.79 Å². The smallest absolute Gasteiger partial charge is 0.348 e. The van der Waals surface area contributed by atoms with Gasteiger partial charge in [0.1, 0.15) is 4.88 Å². The molecule has 3 aliphatic carbocycles. The first kappa shape index (κ1) is 29.9. The van der Waals surface area contributed by atoms with Crippen LogP contribution in [0.4, 0.5) is 5.69 Å². The Kier molecular flexibility index (Phi) is 9.33. The van der Waals surface area contributed by atoms with Gasteiger partial charge in [0.05, 0.1) is 16.2 Å². The van der Waals surface area contributed by atoms with E-state index in [2.05, 4.69) is 31.8 Å². The van der Waals surface area contributed by atoms with E-state index < -0.39 is 11.6 Å². The number of carboxylic acid groups (broad SMARTS) is 1. The molecule has 39 heavy (non-hydrogen) atoms. The first-order chi connectivity index (χ1) is 18.3. The number of carbonyl (C=O) groups is 2. The van der Waals surface area contributed by atoms with Crippen LogP contribution >= 0.6 is 11.3 Å². The van der Waals surface area contributed by atoms with Crippen LogP contribution in [0.5, 0.6) is 0 Å². The summed E-state index contributed by atoms with van der Waals surface area (Å²) in [5, 5.41) is 21.6. The fraction of sp³-hybridized carbons (Fsp3) is 0.697. The SMILES string of the molecule is CC1=CCC(C(=O)N(c2cc(C#CC(C)(C)C)sc2C(=O)O)C2CCC(O)(CCC3CCCC3)CC2)[C@@H](C)C1. The third kappa shape index (κ3) is 7.55. The first-order valence-corrected chi connectivity index (χ1v) is 15.8. The number of amides is 1. The maximum absolute atomic E-state index is 14.3. The van der Waals surface area contributed by atoms with Crippen molar-refractivity contribution < 1.29 is 19.8 Å². The zero-order valence-corrected chi connectivity index (χ0v) is 25.3. The molecule has 2 N–H and O–H groups in total. The van der Waals surface area contributed by atoms with Gasteiger partial charge in [-0.05, 0) is 97.0 Å². The number of anilines is 1. The van der Waals surface area contributed by atoms with Crippen molar-refractivity contribution in [2.24, 2.45) is 23.2 Å². The predicted molar refractivity (Wildman–Crippen MR) is 159 cm³/mol. The second kappa shape index (κ2) is 12.2. The number of aliphatic hydroxyl groups is 1. The molecule has 2 saturated carbocycles. The van der Waals surface area contributed by atoms with Crippen LogP contribution < -0.4 is 4.90 Å². The van der Waals surface area contributed by atoms with Crippen LogP contribution in [0.1, 0.15) is 126 Å². The second-order valence-electron chi connectivity index (χ2n) is 13.6. The predicted octanol–water partition coefficient (Wildman–Crippen LogP) is 7.81. The average molecular weight is 554 g/mol. The fourth-order valence-electron chi connectivity index (χ4n) is 6.76. The number of carbonyl (C=O) groups excluding carboxylic acids is 1. The molecular formula is C33H47NO4S. The summed E-state index contributed by atoms with van der Waals surface area (Å²) in [6, 6.07) is 1.69. The molecule has 5 nitrogen and oxygen atoms in total. The molecule has 214 valence electrons. The van der Waals surface area contributed by atoms with E-state index in [0.29, 0.717) is 42.7 Å². The zero-order valence-electron chi connectivity index (χ0n) is 24.5. The molecule has 0 bridgehead atoms. The lowest BCUT2D eigenvalue weighted by Crippen LogP contribution is -2.50. The molecule has 1 aromatic rings. The minimum atomic E-state index is -1.02. The van der Waals surface area contributed by atoms with E-state index in [4.69, 9.17) is 0 Å². The van der Waals surface area contributed by atoms with Crippen molar-refractivity contribution in [2.75, 3.05) is 4.90 Å². The summed E-state index contributed by atoms with van der Waals surface area (Å²) in [6.07, 6.45) is 13.5. The Bertz CT molecular complexity index is 1130. The lowest BCUT2D eigenvalue weighted by atomic mass is 9.76. The lowest BCUT2D eigenvalue weighted by molar-refractivity contribution is -0.125. The number of hydrogen-bond donors (Lipinski definition) is 2. The molecule has 1 heterocycles. The molecule has 0 spiro atoms. The molecule has 1 unspecified atom stereocenters. The standard InChI is InChI=1S/C33H47NO4S/c1-22-10-11-27(23(2)20-22)30(35)34(28-21-26(15-16-32(3,4)5)39-29(28)31(36)37)25-13-18-33(38,19-14-25)17-12-24-8-6-7-9-24/h10,21,23-25,27,38H,6-9,11-14,17-20H2,1-5H3,(H,36,37)/t23-,25?,27?,33?/m0/s1.